The van der Waals surface area contributed by atoms with E-state index in [0.29, 0.717) is 5.89 Å². The van der Waals surface area contributed by atoms with Crippen LogP contribution in [-0.2, 0) is 6.54 Å². The Morgan fingerprint density at radius 1 is 1.14 bits per heavy atom. The lowest BCUT2D eigenvalue weighted by Gasteiger charge is -2.11. The van der Waals surface area contributed by atoms with Crippen molar-refractivity contribution in [2.75, 3.05) is 5.32 Å². The van der Waals surface area contributed by atoms with Crippen LogP contribution in [0.1, 0.15) is 11.1 Å². The van der Waals surface area contributed by atoms with Crippen LogP contribution in [0.4, 0.5) is 5.69 Å². The number of halogens is 1. The van der Waals surface area contributed by atoms with Crippen molar-refractivity contribution in [1.82, 2.24) is 10.2 Å². The molecule has 1 N–H and O–H groups in total. The summed E-state index contributed by atoms with van der Waals surface area (Å²) < 4.78 is 5.23. The Morgan fingerprint density at radius 2 is 1.95 bits per heavy atom. The molecule has 0 amide bonds. The number of anilines is 1. The molecule has 4 nitrogen and oxygen atoms in total. The highest BCUT2D eigenvalue weighted by Crippen LogP contribution is 2.24. The minimum Gasteiger partial charge on any atom is -0.423 e. The van der Waals surface area contributed by atoms with Crippen LogP contribution in [0.25, 0.3) is 11.5 Å². The zero-order valence-electron chi connectivity index (χ0n) is 11.5. The van der Waals surface area contributed by atoms with Gasteiger partial charge in [0, 0.05) is 22.8 Å². The molecule has 0 aliphatic carbocycles. The van der Waals surface area contributed by atoms with Gasteiger partial charge >= 0.3 is 0 Å². The van der Waals surface area contributed by atoms with Gasteiger partial charge in [0.25, 0.3) is 0 Å². The van der Waals surface area contributed by atoms with E-state index < -0.39 is 0 Å². The van der Waals surface area contributed by atoms with Crippen molar-refractivity contribution in [3.05, 3.63) is 65.0 Å². The first-order valence-electron chi connectivity index (χ1n) is 6.58. The topological polar surface area (TPSA) is 51.0 Å². The minimum atomic E-state index is 0.518. The molecule has 5 heteroatoms. The first kappa shape index (κ1) is 13.6. The summed E-state index contributed by atoms with van der Waals surface area (Å²) in [6, 6.07) is 13.8. The van der Waals surface area contributed by atoms with Crippen LogP contribution in [0.2, 0.25) is 5.02 Å². The zero-order valence-corrected chi connectivity index (χ0v) is 12.3. The fourth-order valence-electron chi connectivity index (χ4n) is 2.04. The van der Waals surface area contributed by atoms with E-state index in [1.165, 1.54) is 12.0 Å². The zero-order chi connectivity index (χ0) is 14.7. The molecule has 0 saturated heterocycles. The normalized spacial score (nSPS) is 10.6. The molecule has 1 heterocycles. The van der Waals surface area contributed by atoms with Gasteiger partial charge in [-0.1, -0.05) is 29.8 Å². The van der Waals surface area contributed by atoms with Gasteiger partial charge in [0.05, 0.1) is 0 Å². The highest BCUT2D eigenvalue weighted by atomic mass is 35.5. The summed E-state index contributed by atoms with van der Waals surface area (Å²) >= 11 is 5.89. The number of nitrogens with one attached hydrogen (secondary N) is 1. The van der Waals surface area contributed by atoms with Crippen molar-refractivity contribution in [3.8, 4) is 11.5 Å². The predicted molar refractivity (Wildman–Crippen MR) is 83.2 cm³/mol. The van der Waals surface area contributed by atoms with Crippen molar-refractivity contribution in [1.29, 1.82) is 0 Å². The van der Waals surface area contributed by atoms with Gasteiger partial charge < -0.3 is 9.73 Å². The maximum Gasteiger partial charge on any atom is 0.247 e. The summed E-state index contributed by atoms with van der Waals surface area (Å²) in [5, 5.41) is 11.8. The molecule has 0 aliphatic rings. The summed E-state index contributed by atoms with van der Waals surface area (Å²) in [6.07, 6.45) is 1.33. The van der Waals surface area contributed by atoms with Crippen LogP contribution >= 0.6 is 11.6 Å². The smallest absolute Gasteiger partial charge is 0.247 e. The monoisotopic (exact) mass is 299 g/mol. The van der Waals surface area contributed by atoms with Crippen LogP contribution in [0.15, 0.2) is 53.3 Å². The Hall–Kier alpha value is -2.33. The van der Waals surface area contributed by atoms with Gasteiger partial charge in [-0.05, 0) is 42.3 Å². The van der Waals surface area contributed by atoms with E-state index in [1.807, 2.05) is 42.5 Å². The summed E-state index contributed by atoms with van der Waals surface area (Å²) in [7, 11) is 0. The molecule has 0 bridgehead atoms. The predicted octanol–water partition coefficient (Wildman–Crippen LogP) is 4.31. The highest BCUT2D eigenvalue weighted by Gasteiger charge is 2.06. The molecule has 0 aliphatic heterocycles. The molecule has 3 aromatic rings. The number of benzene rings is 2. The van der Waals surface area contributed by atoms with Crippen molar-refractivity contribution >= 4 is 17.3 Å². The summed E-state index contributed by atoms with van der Waals surface area (Å²) in [4.78, 5) is 0. The average Bonchev–Trinajstić information content (AvgIpc) is 3.02. The molecule has 21 heavy (non-hydrogen) atoms. The van der Waals surface area contributed by atoms with Gasteiger partial charge in [-0.2, -0.15) is 0 Å². The molecule has 0 radical (unpaired) electrons. The van der Waals surface area contributed by atoms with Crippen LogP contribution in [0, 0.1) is 6.92 Å². The van der Waals surface area contributed by atoms with E-state index in [2.05, 4.69) is 22.4 Å². The molecule has 0 spiro atoms. The molecule has 1 aromatic heterocycles. The summed E-state index contributed by atoms with van der Waals surface area (Å²) in [6.45, 7) is 2.78. The van der Waals surface area contributed by atoms with E-state index >= 15 is 0 Å². The number of hydrogen-bond acceptors (Lipinski definition) is 4. The molecule has 0 atom stereocenters. The minimum absolute atomic E-state index is 0.518. The van der Waals surface area contributed by atoms with E-state index in [-0.39, 0.29) is 0 Å². The second kappa shape index (κ2) is 5.97. The lowest BCUT2D eigenvalue weighted by molar-refractivity contribution is 0.568. The number of aromatic nitrogens is 2. The van der Waals surface area contributed by atoms with Crippen LogP contribution < -0.4 is 5.32 Å². The van der Waals surface area contributed by atoms with Crippen molar-refractivity contribution in [2.45, 2.75) is 13.5 Å². The fourth-order valence-corrected chi connectivity index (χ4v) is 2.17. The van der Waals surface area contributed by atoms with Crippen molar-refractivity contribution in [3.63, 3.8) is 0 Å². The molecule has 106 valence electrons. The lowest BCUT2D eigenvalue weighted by atomic mass is 10.1. The summed E-state index contributed by atoms with van der Waals surface area (Å²) in [5.41, 5.74) is 4.27. The Balaban J connectivity index is 1.78. The SMILES string of the molecule is Cc1ccc(-c2nnco2)cc1NCc1ccc(Cl)cc1. The first-order chi connectivity index (χ1) is 10.2. The lowest BCUT2D eigenvalue weighted by Crippen LogP contribution is -2.01. The Kier molecular flexibility index (Phi) is 3.88. The van der Waals surface area contributed by atoms with Gasteiger partial charge in [0.1, 0.15) is 0 Å². The third kappa shape index (κ3) is 3.23. The Morgan fingerprint density at radius 3 is 2.67 bits per heavy atom. The molecule has 0 unspecified atom stereocenters. The van der Waals surface area contributed by atoms with E-state index in [4.69, 9.17) is 16.0 Å². The number of hydrogen-bond donors (Lipinski definition) is 1. The van der Waals surface area contributed by atoms with Gasteiger partial charge in [-0.15, -0.1) is 10.2 Å². The number of nitrogens with zero attached hydrogens (tertiary/aromatic N) is 2. The molecule has 3 rings (SSSR count). The molecule has 2 aromatic carbocycles. The molecule has 0 fully saturated rings. The van der Waals surface area contributed by atoms with Crippen LogP contribution in [0.5, 0.6) is 0 Å². The molecular weight excluding hydrogens is 286 g/mol. The third-order valence-corrected chi connectivity index (χ3v) is 3.49. The van der Waals surface area contributed by atoms with Gasteiger partial charge in [-0.3, -0.25) is 0 Å². The van der Waals surface area contributed by atoms with Gasteiger partial charge in [0.15, 0.2) is 0 Å². The Labute approximate surface area is 127 Å². The van der Waals surface area contributed by atoms with Crippen LogP contribution in [-0.4, -0.2) is 10.2 Å². The Bertz CT molecular complexity index is 724. The second-order valence-electron chi connectivity index (χ2n) is 4.75. The third-order valence-electron chi connectivity index (χ3n) is 3.24. The second-order valence-corrected chi connectivity index (χ2v) is 5.19. The van der Waals surface area contributed by atoms with Crippen molar-refractivity contribution < 1.29 is 4.42 Å². The fraction of sp³-hybridized carbons (Fsp3) is 0.125. The van der Waals surface area contributed by atoms with Gasteiger partial charge in [0.2, 0.25) is 12.3 Å². The van der Waals surface area contributed by atoms with E-state index in [9.17, 15) is 0 Å². The standard InChI is InChI=1S/C16H14ClN3O/c1-11-2-5-13(16-20-19-10-21-16)8-15(11)18-9-12-3-6-14(17)7-4-12/h2-8,10,18H,9H2,1H3. The van der Waals surface area contributed by atoms with Gasteiger partial charge in [-0.25, -0.2) is 0 Å². The number of rotatable bonds is 4. The maximum atomic E-state index is 5.89. The molecule has 0 saturated carbocycles. The highest BCUT2D eigenvalue weighted by molar-refractivity contribution is 6.30. The largest absolute Gasteiger partial charge is 0.423 e. The first-order valence-corrected chi connectivity index (χ1v) is 6.96. The van der Waals surface area contributed by atoms with Crippen molar-refractivity contribution in [2.24, 2.45) is 0 Å². The maximum absolute atomic E-state index is 5.89. The quantitative estimate of drug-likeness (QED) is 0.780. The molecular formula is C16H14ClN3O. The average molecular weight is 300 g/mol. The van der Waals surface area contributed by atoms with Crippen LogP contribution in [0.3, 0.4) is 0 Å². The number of aryl methyl sites for hydroxylation is 1. The van der Waals surface area contributed by atoms with E-state index in [1.54, 1.807) is 0 Å². The summed E-state index contributed by atoms with van der Waals surface area (Å²) in [5.74, 6) is 0.518. The van der Waals surface area contributed by atoms with E-state index in [0.717, 1.165) is 28.4 Å².